The fourth-order valence-corrected chi connectivity index (χ4v) is 3.85. The Kier molecular flexibility index (Phi) is 7.06. The molecule has 0 radical (unpaired) electrons. The van der Waals surface area contributed by atoms with Crippen LogP contribution in [0.4, 0.5) is 4.79 Å². The highest BCUT2D eigenvalue weighted by atomic mass is 35.5. The fourth-order valence-electron chi connectivity index (χ4n) is 3.50. The first-order valence-electron chi connectivity index (χ1n) is 10.5. The average Bonchev–Trinajstić information content (AvgIpc) is 3.02. The minimum Gasteiger partial charge on any atom is -0.462 e. The molecule has 10 heteroatoms. The predicted octanol–water partition coefficient (Wildman–Crippen LogP) is 3.12. The number of ether oxygens (including phenoxy) is 2. The van der Waals surface area contributed by atoms with Crippen LogP contribution >= 0.6 is 11.6 Å². The highest BCUT2D eigenvalue weighted by molar-refractivity contribution is 6.38. The molecule has 3 heterocycles. The van der Waals surface area contributed by atoms with E-state index in [0.717, 1.165) is 19.6 Å². The van der Waals surface area contributed by atoms with Crippen LogP contribution in [0.25, 0.3) is 11.0 Å². The Morgan fingerprint density at radius 2 is 1.84 bits per heavy atom. The van der Waals surface area contributed by atoms with Crippen molar-refractivity contribution in [2.45, 2.75) is 46.8 Å². The highest BCUT2D eigenvalue weighted by Gasteiger charge is 2.26. The molecule has 9 nitrogen and oxygen atoms in total. The summed E-state index contributed by atoms with van der Waals surface area (Å²) in [5.74, 6) is -0.489. The Labute approximate surface area is 187 Å². The van der Waals surface area contributed by atoms with Gasteiger partial charge >= 0.3 is 12.1 Å². The van der Waals surface area contributed by atoms with Crippen molar-refractivity contribution in [3.8, 4) is 0 Å². The van der Waals surface area contributed by atoms with Gasteiger partial charge in [-0.25, -0.2) is 19.3 Å². The van der Waals surface area contributed by atoms with Crippen LogP contribution in [0, 0.1) is 6.92 Å². The number of carbonyl (C=O) groups excluding carboxylic acids is 2. The van der Waals surface area contributed by atoms with Gasteiger partial charge in [0.1, 0.15) is 5.60 Å². The van der Waals surface area contributed by atoms with E-state index in [0.29, 0.717) is 41.4 Å². The number of pyridine rings is 1. The molecule has 1 fully saturated rings. The van der Waals surface area contributed by atoms with E-state index in [1.165, 1.54) is 6.20 Å². The number of hydrogen-bond donors (Lipinski definition) is 0. The number of fused-ring (bicyclic) bond motifs is 1. The van der Waals surface area contributed by atoms with E-state index >= 15 is 0 Å². The number of nitrogens with zero attached hydrogens (tertiary/aromatic N) is 5. The molecular weight excluding hydrogens is 422 g/mol. The second-order valence-corrected chi connectivity index (χ2v) is 8.90. The number of rotatable bonds is 5. The molecule has 3 rings (SSSR count). The second kappa shape index (κ2) is 9.40. The number of hydrogen-bond acceptors (Lipinski definition) is 7. The molecule has 0 spiro atoms. The summed E-state index contributed by atoms with van der Waals surface area (Å²) >= 11 is 6.48. The summed E-state index contributed by atoms with van der Waals surface area (Å²) in [4.78, 5) is 32.8. The third kappa shape index (κ3) is 5.46. The van der Waals surface area contributed by atoms with Gasteiger partial charge in [-0.3, -0.25) is 4.90 Å². The fraction of sp³-hybridized carbons (Fsp3) is 0.619. The number of amides is 1. The number of aromatic nitrogens is 3. The van der Waals surface area contributed by atoms with Gasteiger partial charge in [0.15, 0.2) is 5.65 Å². The molecule has 0 unspecified atom stereocenters. The van der Waals surface area contributed by atoms with E-state index in [9.17, 15) is 9.59 Å². The number of esters is 1. The molecule has 1 aliphatic rings. The Morgan fingerprint density at radius 1 is 1.16 bits per heavy atom. The Morgan fingerprint density at radius 3 is 2.45 bits per heavy atom. The zero-order valence-electron chi connectivity index (χ0n) is 18.8. The second-order valence-electron chi connectivity index (χ2n) is 8.52. The molecule has 2 aromatic heterocycles. The quantitative estimate of drug-likeness (QED) is 0.645. The first kappa shape index (κ1) is 23.3. The van der Waals surface area contributed by atoms with Gasteiger partial charge in [-0.05, 0) is 34.6 Å². The zero-order valence-corrected chi connectivity index (χ0v) is 19.5. The molecule has 0 aromatic carbocycles. The lowest BCUT2D eigenvalue weighted by Crippen LogP contribution is -2.50. The molecule has 1 aliphatic heterocycles. The zero-order chi connectivity index (χ0) is 22.8. The van der Waals surface area contributed by atoms with Crippen LogP contribution in [0.5, 0.6) is 0 Å². The Hall–Kier alpha value is -2.39. The number of carbonyl (C=O) groups is 2. The largest absolute Gasteiger partial charge is 0.462 e. The van der Waals surface area contributed by atoms with Gasteiger partial charge in [0, 0.05) is 38.9 Å². The number of halogens is 1. The van der Waals surface area contributed by atoms with Gasteiger partial charge in [0.2, 0.25) is 0 Å². The summed E-state index contributed by atoms with van der Waals surface area (Å²) in [7, 11) is 0. The van der Waals surface area contributed by atoms with E-state index in [-0.39, 0.29) is 18.3 Å². The minimum absolute atomic E-state index is 0.247. The van der Waals surface area contributed by atoms with E-state index in [1.54, 1.807) is 11.8 Å². The van der Waals surface area contributed by atoms with Crippen molar-refractivity contribution in [1.82, 2.24) is 24.6 Å². The summed E-state index contributed by atoms with van der Waals surface area (Å²) in [5, 5.41) is 5.56. The van der Waals surface area contributed by atoms with Crippen molar-refractivity contribution in [3.63, 3.8) is 0 Å². The standard InChI is InChI=1S/C21H30ClN5O4/c1-6-30-19(28)15-13-23-18-16(17(15)22)14(2)24-27(18)12-9-25-7-10-26(11-8-25)20(29)31-21(3,4)5/h13H,6-12H2,1-5H3. The molecule has 31 heavy (non-hydrogen) atoms. The van der Waals surface area contributed by atoms with Crippen molar-refractivity contribution in [3.05, 3.63) is 22.5 Å². The maximum atomic E-state index is 12.2. The third-order valence-electron chi connectivity index (χ3n) is 5.02. The first-order chi connectivity index (χ1) is 14.6. The molecule has 0 saturated carbocycles. The average molecular weight is 452 g/mol. The molecule has 1 amide bonds. The minimum atomic E-state index is -0.491. The van der Waals surface area contributed by atoms with Crippen molar-refractivity contribution >= 4 is 34.7 Å². The van der Waals surface area contributed by atoms with Gasteiger partial charge < -0.3 is 14.4 Å². The van der Waals surface area contributed by atoms with Crippen LogP contribution in [-0.2, 0) is 16.0 Å². The first-order valence-corrected chi connectivity index (χ1v) is 10.9. The molecule has 170 valence electrons. The summed E-state index contributed by atoms with van der Waals surface area (Å²) < 4.78 is 12.3. The number of aryl methyl sites for hydroxylation is 1. The molecular formula is C21H30ClN5O4. The van der Waals surface area contributed by atoms with E-state index < -0.39 is 11.6 Å². The summed E-state index contributed by atoms with van der Waals surface area (Å²) in [6.45, 7) is 13.6. The third-order valence-corrected chi connectivity index (χ3v) is 5.41. The molecule has 0 aliphatic carbocycles. The highest BCUT2D eigenvalue weighted by Crippen LogP contribution is 2.29. The van der Waals surface area contributed by atoms with Gasteiger partial charge in [-0.15, -0.1) is 0 Å². The molecule has 2 aromatic rings. The Balaban J connectivity index is 1.63. The predicted molar refractivity (Wildman–Crippen MR) is 117 cm³/mol. The maximum absolute atomic E-state index is 12.2. The van der Waals surface area contributed by atoms with Crippen molar-refractivity contribution in [2.24, 2.45) is 0 Å². The van der Waals surface area contributed by atoms with Crippen molar-refractivity contribution in [1.29, 1.82) is 0 Å². The lowest BCUT2D eigenvalue weighted by Gasteiger charge is -2.35. The molecule has 0 atom stereocenters. The van der Waals surface area contributed by atoms with Gasteiger partial charge in [-0.1, -0.05) is 11.6 Å². The van der Waals surface area contributed by atoms with Gasteiger partial charge in [-0.2, -0.15) is 5.10 Å². The summed E-state index contributed by atoms with van der Waals surface area (Å²) in [6.07, 6.45) is 1.18. The summed E-state index contributed by atoms with van der Waals surface area (Å²) in [5.41, 5.74) is 1.11. The molecule has 0 N–H and O–H groups in total. The maximum Gasteiger partial charge on any atom is 0.410 e. The lowest BCUT2D eigenvalue weighted by atomic mass is 10.2. The van der Waals surface area contributed by atoms with Crippen LogP contribution in [0.15, 0.2) is 6.20 Å². The van der Waals surface area contributed by atoms with E-state index in [1.807, 2.05) is 32.4 Å². The molecule has 0 bridgehead atoms. The van der Waals surface area contributed by atoms with Crippen LogP contribution in [0.1, 0.15) is 43.7 Å². The van der Waals surface area contributed by atoms with Crippen LogP contribution in [0.3, 0.4) is 0 Å². The normalized spacial score (nSPS) is 15.4. The number of piperazine rings is 1. The van der Waals surface area contributed by atoms with Crippen LogP contribution < -0.4 is 0 Å². The van der Waals surface area contributed by atoms with E-state index in [4.69, 9.17) is 21.1 Å². The van der Waals surface area contributed by atoms with Gasteiger partial charge in [0.05, 0.1) is 34.8 Å². The van der Waals surface area contributed by atoms with Crippen LogP contribution in [0.2, 0.25) is 5.02 Å². The SMILES string of the molecule is CCOC(=O)c1cnc2c(c(C)nn2CCN2CCN(C(=O)OC(C)(C)C)CC2)c1Cl. The Bertz CT molecular complexity index is 961. The van der Waals surface area contributed by atoms with Crippen LogP contribution in [-0.4, -0.2) is 81.6 Å². The van der Waals surface area contributed by atoms with Crippen molar-refractivity contribution in [2.75, 3.05) is 39.3 Å². The topological polar surface area (TPSA) is 89.8 Å². The van der Waals surface area contributed by atoms with Gasteiger partial charge in [0.25, 0.3) is 0 Å². The summed E-state index contributed by atoms with van der Waals surface area (Å²) in [6, 6.07) is 0. The smallest absolute Gasteiger partial charge is 0.410 e. The monoisotopic (exact) mass is 451 g/mol. The molecule has 1 saturated heterocycles. The van der Waals surface area contributed by atoms with Crippen molar-refractivity contribution < 1.29 is 19.1 Å². The van der Waals surface area contributed by atoms with E-state index in [2.05, 4.69) is 15.0 Å². The lowest BCUT2D eigenvalue weighted by molar-refractivity contribution is 0.0142.